The summed E-state index contributed by atoms with van der Waals surface area (Å²) >= 11 is -2.49. The summed E-state index contributed by atoms with van der Waals surface area (Å²) in [5, 5.41) is 0. The van der Waals surface area contributed by atoms with Gasteiger partial charge in [0.05, 0.1) is 0 Å². The van der Waals surface area contributed by atoms with Gasteiger partial charge in [0.15, 0.2) is 0 Å². The Hall–Kier alpha value is -0.170. The Morgan fingerprint density at radius 2 is 1.35 bits per heavy atom. The maximum absolute atomic E-state index is 2.63. The summed E-state index contributed by atoms with van der Waals surface area (Å²) < 4.78 is 6.06. The Morgan fingerprint density at radius 1 is 0.882 bits per heavy atom. The quantitative estimate of drug-likeness (QED) is 0.542. The minimum absolute atomic E-state index is 0.376. The van der Waals surface area contributed by atoms with Crippen LogP contribution in [0.3, 0.4) is 0 Å². The molecule has 2 rings (SSSR count). The SMILES string of the molecule is CCC[C]1([Hf]([CH3])([CH3])[C]2(C)C=CC=C2)C=CC=C1. The normalized spacial score (nSPS) is 23.8. The fraction of sp³-hybridized carbons (Fsp3) is 0.500. The van der Waals surface area contributed by atoms with Gasteiger partial charge < -0.3 is 0 Å². The molecule has 0 unspecified atom stereocenters. The van der Waals surface area contributed by atoms with E-state index >= 15 is 0 Å². The van der Waals surface area contributed by atoms with Crippen LogP contribution < -0.4 is 0 Å². The summed E-state index contributed by atoms with van der Waals surface area (Å²) in [5.41, 5.74) is 0. The van der Waals surface area contributed by atoms with Gasteiger partial charge in [0.2, 0.25) is 0 Å². The first kappa shape index (κ1) is 13.3. The van der Waals surface area contributed by atoms with Crippen LogP contribution >= 0.6 is 0 Å². The number of rotatable bonds is 4. The molecule has 0 radical (unpaired) electrons. The van der Waals surface area contributed by atoms with Crippen molar-refractivity contribution in [3.05, 3.63) is 48.6 Å². The van der Waals surface area contributed by atoms with Gasteiger partial charge in [-0.3, -0.25) is 0 Å². The van der Waals surface area contributed by atoms with Gasteiger partial charge in [-0.15, -0.1) is 0 Å². The molecule has 0 aromatic rings. The summed E-state index contributed by atoms with van der Waals surface area (Å²) in [5.74, 6) is 0. The molecule has 2 aliphatic carbocycles. The molecule has 0 amide bonds. The molecule has 92 valence electrons. The third-order valence-electron chi connectivity index (χ3n) is 5.07. The van der Waals surface area contributed by atoms with Gasteiger partial charge in [-0.1, -0.05) is 0 Å². The van der Waals surface area contributed by atoms with Crippen molar-refractivity contribution in [1.29, 1.82) is 0 Å². The second kappa shape index (κ2) is 4.50. The van der Waals surface area contributed by atoms with Crippen molar-refractivity contribution in [2.75, 3.05) is 0 Å². The Kier molecular flexibility index (Phi) is 3.51. The van der Waals surface area contributed by atoms with Crippen molar-refractivity contribution in [3.63, 3.8) is 0 Å². The second-order valence-corrected chi connectivity index (χ2v) is 25.0. The molecule has 0 aromatic carbocycles. The van der Waals surface area contributed by atoms with Crippen molar-refractivity contribution < 1.29 is 20.0 Å². The third-order valence-corrected chi connectivity index (χ3v) is 26.4. The van der Waals surface area contributed by atoms with Gasteiger partial charge in [-0.2, -0.15) is 0 Å². The van der Waals surface area contributed by atoms with Crippen molar-refractivity contribution in [1.82, 2.24) is 0 Å². The Bertz CT molecular complexity index is 383. The van der Waals surface area contributed by atoms with E-state index < -0.39 is 20.0 Å². The molecule has 1 heteroatoms. The van der Waals surface area contributed by atoms with Crippen molar-refractivity contribution in [3.8, 4) is 0 Å². The Labute approximate surface area is 111 Å². The van der Waals surface area contributed by atoms with Crippen LogP contribution in [0, 0.1) is 0 Å². The van der Waals surface area contributed by atoms with E-state index in [-0.39, 0.29) is 0 Å². The first-order chi connectivity index (χ1) is 7.97. The predicted molar refractivity (Wildman–Crippen MR) is 74.3 cm³/mol. The van der Waals surface area contributed by atoms with Crippen LogP contribution in [0.1, 0.15) is 26.7 Å². The fourth-order valence-electron chi connectivity index (χ4n) is 3.30. The van der Waals surface area contributed by atoms with Crippen LogP contribution in [0.25, 0.3) is 0 Å². The number of allylic oxidation sites excluding steroid dienone is 8. The molecular weight excluding hydrogens is 371 g/mol. The monoisotopic (exact) mass is 396 g/mol. The summed E-state index contributed by atoms with van der Waals surface area (Å²) in [4.78, 5) is 0. The molecule has 0 heterocycles. The van der Waals surface area contributed by atoms with Crippen LogP contribution in [0.2, 0.25) is 15.7 Å². The van der Waals surface area contributed by atoms with Crippen LogP contribution in [0.4, 0.5) is 0 Å². The first-order valence-electron chi connectivity index (χ1n) is 6.72. The number of hydrogen-bond acceptors (Lipinski definition) is 0. The predicted octanol–water partition coefficient (Wildman–Crippen LogP) is 5.63. The van der Waals surface area contributed by atoms with Gasteiger partial charge in [-0.05, 0) is 0 Å². The Balaban J connectivity index is 2.42. The molecule has 0 bridgehead atoms. The van der Waals surface area contributed by atoms with Crippen LogP contribution in [0.15, 0.2) is 48.6 Å². The van der Waals surface area contributed by atoms with Gasteiger partial charge in [-0.25, -0.2) is 0 Å². The number of hydrogen-bond donors (Lipinski definition) is 0. The summed E-state index contributed by atoms with van der Waals surface area (Å²) in [6.07, 6.45) is 21.5. The zero-order valence-electron chi connectivity index (χ0n) is 11.5. The minimum atomic E-state index is -2.49. The first-order valence-corrected chi connectivity index (χ1v) is 17.5. The molecule has 0 atom stereocenters. The standard InChI is InChI=1S/C8H11.C6H7.2CH3.Hf/c1-2-5-8-6-3-4-7-8;1-6-4-2-3-5-6;;;/h3-4,6-7H,2,5H2,1H3;2-5H,1H3;2*1H3;. The molecular formula is C16H24Hf. The zero-order chi connectivity index (χ0) is 12.6. The van der Waals surface area contributed by atoms with Crippen LogP contribution in [-0.2, 0) is 20.0 Å². The van der Waals surface area contributed by atoms with Crippen molar-refractivity contribution in [2.45, 2.75) is 42.4 Å². The van der Waals surface area contributed by atoms with Gasteiger partial charge >= 0.3 is 111 Å². The van der Waals surface area contributed by atoms with Crippen LogP contribution in [-0.4, -0.2) is 0 Å². The summed E-state index contributed by atoms with van der Waals surface area (Å²) in [6.45, 7) is 4.76. The van der Waals surface area contributed by atoms with Crippen molar-refractivity contribution >= 4 is 0 Å². The average molecular weight is 395 g/mol. The molecule has 2 aliphatic rings. The molecule has 0 saturated heterocycles. The van der Waals surface area contributed by atoms with E-state index in [1.165, 1.54) is 12.8 Å². The molecule has 0 N–H and O–H groups in total. The van der Waals surface area contributed by atoms with E-state index in [2.05, 4.69) is 71.8 Å². The zero-order valence-corrected chi connectivity index (χ0v) is 15.1. The maximum atomic E-state index is 2.63. The van der Waals surface area contributed by atoms with Crippen molar-refractivity contribution in [2.24, 2.45) is 0 Å². The Morgan fingerprint density at radius 3 is 1.82 bits per heavy atom. The van der Waals surface area contributed by atoms with Crippen LogP contribution in [0.5, 0.6) is 0 Å². The van der Waals surface area contributed by atoms with Gasteiger partial charge in [0, 0.05) is 0 Å². The molecule has 0 aromatic heterocycles. The molecule has 0 fully saturated rings. The average Bonchev–Trinajstić information content (AvgIpc) is 2.89. The fourth-order valence-corrected chi connectivity index (χ4v) is 17.4. The van der Waals surface area contributed by atoms with E-state index in [0.717, 1.165) is 0 Å². The van der Waals surface area contributed by atoms with E-state index in [4.69, 9.17) is 0 Å². The topological polar surface area (TPSA) is 0 Å². The third kappa shape index (κ3) is 1.91. The van der Waals surface area contributed by atoms with E-state index in [1.807, 2.05) is 0 Å². The molecule has 0 aliphatic heterocycles. The summed E-state index contributed by atoms with van der Waals surface area (Å²) in [7, 11) is 0. The molecule has 0 spiro atoms. The molecule has 17 heavy (non-hydrogen) atoms. The molecule has 0 nitrogen and oxygen atoms in total. The molecule has 0 saturated carbocycles. The summed E-state index contributed by atoms with van der Waals surface area (Å²) in [6, 6.07) is 0. The van der Waals surface area contributed by atoms with E-state index in [1.54, 1.807) is 0 Å². The van der Waals surface area contributed by atoms with E-state index in [0.29, 0.717) is 6.34 Å². The van der Waals surface area contributed by atoms with E-state index in [9.17, 15) is 0 Å². The van der Waals surface area contributed by atoms with Gasteiger partial charge in [0.25, 0.3) is 0 Å². The van der Waals surface area contributed by atoms with Gasteiger partial charge in [0.1, 0.15) is 0 Å². The second-order valence-electron chi connectivity index (χ2n) is 6.13.